The van der Waals surface area contributed by atoms with Crippen molar-refractivity contribution in [2.45, 2.75) is 20.8 Å². The van der Waals surface area contributed by atoms with E-state index < -0.39 is 0 Å². The molecule has 0 heterocycles. The molecule has 1 N–H and O–H groups in total. The number of hydrogen-bond donors (Lipinski definition) is 1. The molecule has 0 saturated heterocycles. The zero-order valence-electron chi connectivity index (χ0n) is 4.15. The number of hydrogen-bond acceptors (Lipinski definition) is 1. The Morgan fingerprint density at radius 3 is 1.40 bits per heavy atom. The van der Waals surface area contributed by atoms with Gasteiger partial charge in [-0.1, -0.05) is 13.8 Å². The van der Waals surface area contributed by atoms with E-state index in [0.29, 0.717) is 0 Å². The second-order valence-corrected chi connectivity index (χ2v) is 0.316. The summed E-state index contributed by atoms with van der Waals surface area (Å²) < 4.78 is 0. The van der Waals surface area contributed by atoms with Crippen molar-refractivity contribution in [2.75, 3.05) is 6.61 Å². The highest BCUT2D eigenvalue weighted by Gasteiger charge is 1.34. The minimum Gasteiger partial charge on any atom is -0.397 e. The Bertz CT molecular complexity index is 3.61. The molecule has 0 fully saturated rings. The quantitative estimate of drug-likeness (QED) is 0.457. The lowest BCUT2D eigenvalue weighted by Crippen LogP contribution is -1.57. The van der Waals surface area contributed by atoms with Gasteiger partial charge in [-0.15, -0.1) is 0 Å². The molecule has 0 aromatic rings. The molecular formula is C4H12O. The fourth-order valence-electron chi connectivity index (χ4n) is 0. The van der Waals surface area contributed by atoms with Crippen molar-refractivity contribution in [1.29, 1.82) is 0 Å². The van der Waals surface area contributed by atoms with Crippen LogP contribution in [0.4, 0.5) is 0 Å². The molecule has 0 bridgehead atoms. The molecule has 0 aliphatic heterocycles. The SMILES string of the molecule is CC.CCO. The normalized spacial score (nSPS) is 4.80. The molecule has 0 aromatic carbocycles. The fraction of sp³-hybridized carbons (Fsp3) is 1.00. The van der Waals surface area contributed by atoms with Gasteiger partial charge in [0, 0.05) is 6.61 Å². The predicted molar refractivity (Wildman–Crippen MR) is 24.1 cm³/mol. The van der Waals surface area contributed by atoms with E-state index in [1.54, 1.807) is 6.92 Å². The third-order valence-electron chi connectivity index (χ3n) is 0. The van der Waals surface area contributed by atoms with Crippen molar-refractivity contribution >= 4 is 0 Å². The van der Waals surface area contributed by atoms with Crippen LogP contribution in [-0.4, -0.2) is 11.7 Å². The minimum atomic E-state index is 0.250. The van der Waals surface area contributed by atoms with E-state index in [2.05, 4.69) is 0 Å². The Kier molecular flexibility index (Phi) is 66.8. The zero-order chi connectivity index (χ0) is 4.71. The van der Waals surface area contributed by atoms with Crippen molar-refractivity contribution < 1.29 is 5.11 Å². The molecule has 34 valence electrons. The summed E-state index contributed by atoms with van der Waals surface area (Å²) in [5, 5.41) is 7.57. The van der Waals surface area contributed by atoms with Gasteiger partial charge in [0.1, 0.15) is 0 Å². The van der Waals surface area contributed by atoms with Gasteiger partial charge in [-0.25, -0.2) is 0 Å². The Hall–Kier alpha value is -0.0400. The van der Waals surface area contributed by atoms with Crippen molar-refractivity contribution in [3.05, 3.63) is 0 Å². The average Bonchev–Trinajstić information content (AvgIpc) is 1.46. The van der Waals surface area contributed by atoms with E-state index >= 15 is 0 Å². The van der Waals surface area contributed by atoms with Crippen LogP contribution < -0.4 is 0 Å². The Morgan fingerprint density at radius 2 is 1.40 bits per heavy atom. The summed E-state index contributed by atoms with van der Waals surface area (Å²) in [6.07, 6.45) is 0. The zero-order valence-corrected chi connectivity index (χ0v) is 4.15. The maximum absolute atomic E-state index is 7.57. The smallest absolute Gasteiger partial charge is 0.0402 e. The molecule has 0 spiro atoms. The number of rotatable bonds is 0. The molecule has 0 radical (unpaired) electrons. The summed E-state index contributed by atoms with van der Waals surface area (Å²) in [5.41, 5.74) is 0. The van der Waals surface area contributed by atoms with E-state index in [0.717, 1.165) is 0 Å². The summed E-state index contributed by atoms with van der Waals surface area (Å²) in [4.78, 5) is 0. The van der Waals surface area contributed by atoms with Gasteiger partial charge in [0.25, 0.3) is 0 Å². The lowest BCUT2D eigenvalue weighted by Gasteiger charge is -1.52. The van der Waals surface area contributed by atoms with Crippen LogP contribution in [0.3, 0.4) is 0 Å². The highest BCUT2D eigenvalue weighted by Crippen LogP contribution is 1.30. The van der Waals surface area contributed by atoms with Gasteiger partial charge >= 0.3 is 0 Å². The molecule has 0 aliphatic rings. The lowest BCUT2D eigenvalue weighted by molar-refractivity contribution is 0.318. The van der Waals surface area contributed by atoms with Gasteiger partial charge in [0.2, 0.25) is 0 Å². The van der Waals surface area contributed by atoms with Gasteiger partial charge in [0.15, 0.2) is 0 Å². The monoisotopic (exact) mass is 76.1 g/mol. The second kappa shape index (κ2) is 37.6. The van der Waals surface area contributed by atoms with Gasteiger partial charge < -0.3 is 5.11 Å². The van der Waals surface area contributed by atoms with Gasteiger partial charge in [-0.3, -0.25) is 0 Å². The topological polar surface area (TPSA) is 20.2 Å². The van der Waals surface area contributed by atoms with Crippen LogP contribution in [0, 0.1) is 0 Å². The van der Waals surface area contributed by atoms with Gasteiger partial charge in [0.05, 0.1) is 0 Å². The number of aliphatic hydroxyl groups is 1. The standard InChI is InChI=1S/C2H6O.C2H6/c1-2-3;1-2/h3H,2H2,1H3;1-2H3. The molecule has 5 heavy (non-hydrogen) atoms. The van der Waals surface area contributed by atoms with Crippen LogP contribution in [0.1, 0.15) is 20.8 Å². The summed E-state index contributed by atoms with van der Waals surface area (Å²) >= 11 is 0. The molecular weight excluding hydrogens is 64.0 g/mol. The third-order valence-corrected chi connectivity index (χ3v) is 0. The summed E-state index contributed by atoms with van der Waals surface area (Å²) in [7, 11) is 0. The highest BCUT2D eigenvalue weighted by molar-refractivity contribution is 3.84. The Labute approximate surface area is 33.6 Å². The molecule has 0 saturated carbocycles. The third kappa shape index (κ3) is 9510. The van der Waals surface area contributed by atoms with Crippen LogP contribution >= 0.6 is 0 Å². The molecule has 0 aliphatic carbocycles. The van der Waals surface area contributed by atoms with Crippen LogP contribution in [0.5, 0.6) is 0 Å². The maximum atomic E-state index is 7.57. The Balaban J connectivity index is 0. The van der Waals surface area contributed by atoms with E-state index in [1.165, 1.54) is 0 Å². The first-order chi connectivity index (χ1) is 2.41. The fourth-order valence-corrected chi connectivity index (χ4v) is 0. The first-order valence-electron chi connectivity index (χ1n) is 2.02. The molecule has 1 nitrogen and oxygen atoms in total. The Morgan fingerprint density at radius 1 is 1.40 bits per heavy atom. The molecule has 1 heteroatoms. The van der Waals surface area contributed by atoms with E-state index in [-0.39, 0.29) is 6.61 Å². The van der Waals surface area contributed by atoms with Crippen LogP contribution in [-0.2, 0) is 0 Å². The van der Waals surface area contributed by atoms with Crippen molar-refractivity contribution in [1.82, 2.24) is 0 Å². The van der Waals surface area contributed by atoms with Crippen LogP contribution in [0.25, 0.3) is 0 Å². The molecule has 0 rings (SSSR count). The number of aliphatic hydroxyl groups excluding tert-OH is 1. The van der Waals surface area contributed by atoms with Crippen molar-refractivity contribution in [3.63, 3.8) is 0 Å². The van der Waals surface area contributed by atoms with E-state index in [9.17, 15) is 0 Å². The average molecular weight is 76.1 g/mol. The van der Waals surface area contributed by atoms with Gasteiger partial charge in [-0.2, -0.15) is 0 Å². The van der Waals surface area contributed by atoms with E-state index in [1.807, 2.05) is 13.8 Å². The molecule has 0 aromatic heterocycles. The molecule has 0 unspecified atom stereocenters. The van der Waals surface area contributed by atoms with E-state index in [4.69, 9.17) is 5.11 Å². The lowest BCUT2D eigenvalue weighted by atomic mass is 10.9. The molecule has 0 amide bonds. The minimum absolute atomic E-state index is 0.250. The summed E-state index contributed by atoms with van der Waals surface area (Å²) in [6, 6.07) is 0. The predicted octanol–water partition coefficient (Wildman–Crippen LogP) is 1.02. The van der Waals surface area contributed by atoms with Crippen LogP contribution in [0.2, 0.25) is 0 Å². The van der Waals surface area contributed by atoms with Crippen LogP contribution in [0.15, 0.2) is 0 Å². The maximum Gasteiger partial charge on any atom is 0.0402 e. The van der Waals surface area contributed by atoms with Crippen molar-refractivity contribution in [3.8, 4) is 0 Å². The molecule has 0 atom stereocenters. The second-order valence-electron chi connectivity index (χ2n) is 0.316. The summed E-state index contributed by atoms with van der Waals surface area (Å²) in [5.74, 6) is 0. The van der Waals surface area contributed by atoms with Gasteiger partial charge in [-0.05, 0) is 6.92 Å². The largest absolute Gasteiger partial charge is 0.397 e. The first kappa shape index (κ1) is 8.88. The summed E-state index contributed by atoms with van der Waals surface area (Å²) in [6.45, 7) is 5.93. The highest BCUT2D eigenvalue weighted by atomic mass is 16.2. The van der Waals surface area contributed by atoms with Crippen molar-refractivity contribution in [2.24, 2.45) is 0 Å². The first-order valence-corrected chi connectivity index (χ1v) is 2.02.